The lowest BCUT2D eigenvalue weighted by Gasteiger charge is -2.41. The Bertz CT molecular complexity index is 464. The first-order chi connectivity index (χ1) is 9.62. The molecule has 108 valence electrons. The largest absolute Gasteiger partial charge is 0.330 e. The molecule has 1 aliphatic heterocycles. The van der Waals surface area contributed by atoms with Gasteiger partial charge in [0.05, 0.1) is 5.75 Å². The maximum Gasteiger partial charge on any atom is 0.330 e. The number of hydrogen-bond acceptors (Lipinski definition) is 4. The van der Waals surface area contributed by atoms with Gasteiger partial charge in [0.25, 0.3) is 0 Å². The number of terminal acetylenes is 1. The van der Waals surface area contributed by atoms with E-state index in [0.29, 0.717) is 30.9 Å². The van der Waals surface area contributed by atoms with Crippen molar-refractivity contribution in [3.63, 3.8) is 0 Å². The quantitative estimate of drug-likeness (QED) is 0.483. The van der Waals surface area contributed by atoms with Crippen LogP contribution in [0.5, 0.6) is 0 Å². The van der Waals surface area contributed by atoms with Gasteiger partial charge in [-0.25, -0.2) is 4.79 Å². The molecule has 1 heterocycles. The van der Waals surface area contributed by atoms with Crippen LogP contribution in [0.25, 0.3) is 0 Å². The smallest absolute Gasteiger partial charge is 0.277 e. The molecule has 1 N–H and O–H groups in total. The molecule has 4 amide bonds. The fourth-order valence-electron chi connectivity index (χ4n) is 2.82. The van der Waals surface area contributed by atoms with E-state index < -0.39 is 17.4 Å². The minimum Gasteiger partial charge on any atom is -0.277 e. The van der Waals surface area contributed by atoms with E-state index in [2.05, 4.69) is 11.2 Å². The predicted molar refractivity (Wildman–Crippen MR) is 76.9 cm³/mol. The van der Waals surface area contributed by atoms with E-state index in [4.69, 9.17) is 6.42 Å². The first-order valence-electron chi connectivity index (χ1n) is 6.80. The maximum absolute atomic E-state index is 12.6. The molecule has 20 heavy (non-hydrogen) atoms. The lowest BCUT2D eigenvalue weighted by Crippen LogP contribution is -2.64. The fraction of sp³-hybridized carbons (Fsp3) is 0.643. The first-order valence-corrected chi connectivity index (χ1v) is 7.96. The van der Waals surface area contributed by atoms with Gasteiger partial charge in [-0.1, -0.05) is 25.2 Å². The van der Waals surface area contributed by atoms with E-state index in [9.17, 15) is 14.4 Å². The Labute approximate surface area is 122 Å². The molecule has 0 unspecified atom stereocenters. The van der Waals surface area contributed by atoms with Crippen LogP contribution in [0.4, 0.5) is 4.79 Å². The molecular weight excluding hydrogens is 276 g/mol. The van der Waals surface area contributed by atoms with E-state index in [1.807, 2.05) is 0 Å². The highest BCUT2D eigenvalue weighted by Gasteiger charge is 2.53. The van der Waals surface area contributed by atoms with Crippen LogP contribution in [0.15, 0.2) is 0 Å². The predicted octanol–water partition coefficient (Wildman–Crippen LogP) is 1.38. The molecular formula is C14H18N2O3S. The van der Waals surface area contributed by atoms with E-state index in [0.717, 1.165) is 19.3 Å². The molecule has 1 spiro atoms. The van der Waals surface area contributed by atoms with Crippen LogP contribution in [0, 0.1) is 17.8 Å². The highest BCUT2D eigenvalue weighted by molar-refractivity contribution is 7.99. The number of nitrogens with zero attached hydrogens (tertiary/aromatic N) is 1. The number of carbonyl (C=O) groups is 3. The van der Waals surface area contributed by atoms with Gasteiger partial charge in [-0.3, -0.25) is 19.8 Å². The summed E-state index contributed by atoms with van der Waals surface area (Å²) in [6.07, 6.45) is 8.98. The van der Waals surface area contributed by atoms with Crippen LogP contribution >= 0.6 is 11.8 Å². The van der Waals surface area contributed by atoms with Gasteiger partial charge in [0.2, 0.25) is 11.8 Å². The molecule has 0 radical (unpaired) electrons. The van der Waals surface area contributed by atoms with Gasteiger partial charge in [0, 0.05) is 12.3 Å². The van der Waals surface area contributed by atoms with Gasteiger partial charge in [0.1, 0.15) is 5.41 Å². The number of thioether (sulfide) groups is 1. The van der Waals surface area contributed by atoms with Crippen molar-refractivity contribution in [1.82, 2.24) is 10.2 Å². The molecule has 0 atom stereocenters. The molecule has 2 fully saturated rings. The summed E-state index contributed by atoms with van der Waals surface area (Å²) in [5.41, 5.74) is -1.01. The van der Waals surface area contributed by atoms with E-state index in [-0.39, 0.29) is 5.91 Å². The maximum atomic E-state index is 12.6. The van der Waals surface area contributed by atoms with Crippen molar-refractivity contribution in [2.45, 2.75) is 32.1 Å². The summed E-state index contributed by atoms with van der Waals surface area (Å²) in [4.78, 5) is 37.7. The Morgan fingerprint density at radius 3 is 2.60 bits per heavy atom. The van der Waals surface area contributed by atoms with Crippen LogP contribution in [0.3, 0.4) is 0 Å². The topological polar surface area (TPSA) is 66.5 Å². The number of nitrogens with one attached hydrogen (secondary N) is 1. The van der Waals surface area contributed by atoms with Crippen molar-refractivity contribution in [1.29, 1.82) is 0 Å². The van der Waals surface area contributed by atoms with Gasteiger partial charge in [-0.2, -0.15) is 0 Å². The van der Waals surface area contributed by atoms with Crippen molar-refractivity contribution in [2.24, 2.45) is 5.41 Å². The van der Waals surface area contributed by atoms with Gasteiger partial charge in [-0.15, -0.1) is 18.2 Å². The average molecular weight is 294 g/mol. The summed E-state index contributed by atoms with van der Waals surface area (Å²) in [7, 11) is 0. The lowest BCUT2D eigenvalue weighted by molar-refractivity contribution is -0.153. The minimum atomic E-state index is -1.01. The third-order valence-corrected chi connectivity index (χ3v) is 4.75. The van der Waals surface area contributed by atoms with Crippen LogP contribution < -0.4 is 5.32 Å². The first kappa shape index (κ1) is 14.9. The molecule has 1 saturated carbocycles. The summed E-state index contributed by atoms with van der Waals surface area (Å²) < 4.78 is 0. The van der Waals surface area contributed by atoms with Gasteiger partial charge in [0.15, 0.2) is 0 Å². The van der Waals surface area contributed by atoms with Crippen molar-refractivity contribution in [3.8, 4) is 12.3 Å². The minimum absolute atomic E-state index is 0.298. The number of rotatable bonds is 4. The molecule has 6 heteroatoms. The molecule has 0 aromatic rings. The zero-order chi connectivity index (χ0) is 14.6. The summed E-state index contributed by atoms with van der Waals surface area (Å²) in [5.74, 6) is 2.89. The number of carbonyl (C=O) groups excluding carboxylic acids is 3. The van der Waals surface area contributed by atoms with Gasteiger partial charge in [-0.05, 0) is 12.8 Å². The Morgan fingerprint density at radius 2 is 1.95 bits per heavy atom. The standard InChI is InChI=1S/C14H18N2O3S/c1-2-9-20-10-8-16-12(18)14(6-4-3-5-7-14)11(17)15-13(16)19/h1H,3-10H2,(H,15,17,19). The molecule has 0 aromatic carbocycles. The second-order valence-corrected chi connectivity index (χ2v) is 6.22. The average Bonchev–Trinajstić information content (AvgIpc) is 2.46. The Morgan fingerprint density at radius 1 is 1.25 bits per heavy atom. The normalized spacial score (nSPS) is 21.8. The van der Waals surface area contributed by atoms with Crippen molar-refractivity contribution in [3.05, 3.63) is 0 Å². The van der Waals surface area contributed by atoms with Gasteiger partial charge >= 0.3 is 6.03 Å². The molecule has 1 aliphatic carbocycles. The lowest BCUT2D eigenvalue weighted by atomic mass is 9.71. The summed E-state index contributed by atoms with van der Waals surface area (Å²) in [6, 6.07) is -0.600. The molecule has 2 rings (SSSR count). The molecule has 0 aromatic heterocycles. The highest BCUT2D eigenvalue weighted by Crippen LogP contribution is 2.40. The number of hydrogen-bond donors (Lipinski definition) is 1. The Kier molecular flexibility index (Phi) is 4.71. The molecule has 0 bridgehead atoms. The van der Waals surface area contributed by atoms with Crippen LogP contribution in [-0.2, 0) is 9.59 Å². The second kappa shape index (κ2) is 6.31. The third kappa shape index (κ3) is 2.68. The van der Waals surface area contributed by atoms with Crippen molar-refractivity contribution in [2.75, 3.05) is 18.1 Å². The third-order valence-electron chi connectivity index (χ3n) is 3.91. The zero-order valence-corrected chi connectivity index (χ0v) is 12.1. The summed E-state index contributed by atoms with van der Waals surface area (Å²) >= 11 is 1.49. The number of amides is 4. The second-order valence-electron chi connectivity index (χ2n) is 5.12. The molecule has 1 saturated heterocycles. The van der Waals surface area contributed by atoms with Gasteiger partial charge < -0.3 is 0 Å². The Hall–Kier alpha value is -1.48. The molecule has 5 nitrogen and oxygen atoms in total. The summed E-state index contributed by atoms with van der Waals surface area (Å²) in [5, 5.41) is 2.34. The SMILES string of the molecule is C#CCSCCN1C(=O)NC(=O)C2(CCCCC2)C1=O. The van der Waals surface area contributed by atoms with Crippen molar-refractivity contribution >= 4 is 29.6 Å². The van der Waals surface area contributed by atoms with E-state index >= 15 is 0 Å². The monoisotopic (exact) mass is 294 g/mol. The summed E-state index contributed by atoms with van der Waals surface area (Å²) in [6.45, 7) is 0.298. The highest BCUT2D eigenvalue weighted by atomic mass is 32.2. The van der Waals surface area contributed by atoms with E-state index in [1.165, 1.54) is 16.7 Å². The van der Waals surface area contributed by atoms with Crippen LogP contribution in [-0.4, -0.2) is 40.8 Å². The number of urea groups is 1. The van der Waals surface area contributed by atoms with Crippen LogP contribution in [0.2, 0.25) is 0 Å². The van der Waals surface area contributed by atoms with Crippen LogP contribution in [0.1, 0.15) is 32.1 Å². The number of imide groups is 2. The van der Waals surface area contributed by atoms with Crippen molar-refractivity contribution < 1.29 is 14.4 Å². The number of barbiturate groups is 1. The zero-order valence-electron chi connectivity index (χ0n) is 11.3. The Balaban J connectivity index is 2.08. The molecule has 2 aliphatic rings. The fourth-order valence-corrected chi connectivity index (χ4v) is 3.39. The van der Waals surface area contributed by atoms with E-state index in [1.54, 1.807) is 0 Å².